The number of nitrogens with one attached hydrogen (secondary N) is 2. The summed E-state index contributed by atoms with van der Waals surface area (Å²) in [6.45, 7) is 2.35. The first-order valence-electron chi connectivity index (χ1n) is 7.45. The van der Waals surface area contributed by atoms with E-state index in [0.717, 1.165) is 16.9 Å². The molecule has 0 saturated carbocycles. The van der Waals surface area contributed by atoms with Gasteiger partial charge in [0.25, 0.3) is 0 Å². The van der Waals surface area contributed by atoms with Gasteiger partial charge in [-0.05, 0) is 48.9 Å². The number of rotatable bonds is 5. The fraction of sp³-hybridized carbons (Fsp3) is 0.111. The molecule has 0 aliphatic rings. The van der Waals surface area contributed by atoms with Crippen molar-refractivity contribution >= 4 is 17.5 Å². The molecule has 6 heteroatoms. The molecular weight excluding hydrogens is 310 g/mol. The van der Waals surface area contributed by atoms with E-state index in [-0.39, 0.29) is 11.6 Å². The van der Waals surface area contributed by atoms with E-state index in [2.05, 4.69) is 20.6 Å². The van der Waals surface area contributed by atoms with Crippen LogP contribution in [0.25, 0.3) is 0 Å². The molecule has 4 nitrogen and oxygen atoms in total. The average molecular weight is 326 g/mol. The van der Waals surface area contributed by atoms with Gasteiger partial charge in [0.2, 0.25) is 5.95 Å². The van der Waals surface area contributed by atoms with E-state index in [9.17, 15) is 8.78 Å². The van der Waals surface area contributed by atoms with Crippen molar-refractivity contribution in [1.29, 1.82) is 0 Å². The van der Waals surface area contributed by atoms with Crippen LogP contribution in [0, 0.1) is 18.6 Å². The number of nitrogens with zero attached hydrogens (tertiary/aromatic N) is 2. The van der Waals surface area contributed by atoms with Gasteiger partial charge in [0.1, 0.15) is 17.5 Å². The Kier molecular flexibility index (Phi) is 4.65. The molecule has 0 amide bonds. The second-order valence-electron chi connectivity index (χ2n) is 5.33. The van der Waals surface area contributed by atoms with E-state index < -0.39 is 0 Å². The second-order valence-corrected chi connectivity index (χ2v) is 5.33. The van der Waals surface area contributed by atoms with Crippen molar-refractivity contribution in [1.82, 2.24) is 9.97 Å². The molecule has 3 rings (SSSR count). The zero-order chi connectivity index (χ0) is 16.9. The number of hydrogen-bond acceptors (Lipinski definition) is 4. The molecule has 0 saturated heterocycles. The lowest BCUT2D eigenvalue weighted by molar-refractivity contribution is 0.627. The summed E-state index contributed by atoms with van der Waals surface area (Å²) in [5.74, 6) is 0.511. The van der Waals surface area contributed by atoms with E-state index in [0.29, 0.717) is 18.3 Å². The molecule has 0 fully saturated rings. The Morgan fingerprint density at radius 3 is 2.17 bits per heavy atom. The summed E-state index contributed by atoms with van der Waals surface area (Å²) in [6.07, 6.45) is 0. The van der Waals surface area contributed by atoms with Crippen LogP contribution in [0.1, 0.15) is 11.3 Å². The van der Waals surface area contributed by atoms with Crippen LogP contribution in [0.2, 0.25) is 0 Å². The Labute approximate surface area is 138 Å². The third-order valence-electron chi connectivity index (χ3n) is 3.33. The smallest absolute Gasteiger partial charge is 0.225 e. The third kappa shape index (κ3) is 4.25. The van der Waals surface area contributed by atoms with Gasteiger partial charge in [-0.15, -0.1) is 0 Å². The number of hydrogen-bond donors (Lipinski definition) is 2. The highest BCUT2D eigenvalue weighted by atomic mass is 19.1. The summed E-state index contributed by atoms with van der Waals surface area (Å²) in [7, 11) is 0. The maximum atomic E-state index is 13.0. The third-order valence-corrected chi connectivity index (χ3v) is 3.33. The molecule has 2 N–H and O–H groups in total. The average Bonchev–Trinajstić information content (AvgIpc) is 2.56. The van der Waals surface area contributed by atoms with Crippen molar-refractivity contribution < 1.29 is 8.78 Å². The summed E-state index contributed by atoms with van der Waals surface area (Å²) in [5, 5.41) is 6.22. The standard InChI is InChI=1S/C18H16F2N4/c1-12-10-17(23-16-8-6-15(20)7-9-16)24-18(22-12)21-11-13-2-4-14(19)5-3-13/h2-10H,11H2,1H3,(H2,21,22,23,24). The molecular formula is C18H16F2N4. The van der Waals surface area contributed by atoms with Crippen LogP contribution in [0.4, 0.5) is 26.2 Å². The zero-order valence-electron chi connectivity index (χ0n) is 13.1. The van der Waals surface area contributed by atoms with Gasteiger partial charge in [-0.25, -0.2) is 13.8 Å². The molecule has 1 aromatic heterocycles. The topological polar surface area (TPSA) is 49.8 Å². The van der Waals surface area contributed by atoms with E-state index in [1.165, 1.54) is 24.3 Å². The Balaban J connectivity index is 1.71. The van der Waals surface area contributed by atoms with Gasteiger partial charge < -0.3 is 10.6 Å². The molecule has 1 heterocycles. The van der Waals surface area contributed by atoms with Gasteiger partial charge >= 0.3 is 0 Å². The van der Waals surface area contributed by atoms with Crippen molar-refractivity contribution in [3.63, 3.8) is 0 Å². The fourth-order valence-electron chi connectivity index (χ4n) is 2.18. The molecule has 2 aromatic carbocycles. The van der Waals surface area contributed by atoms with Crippen LogP contribution in [-0.4, -0.2) is 9.97 Å². The predicted octanol–water partition coefficient (Wildman–Crippen LogP) is 4.42. The van der Waals surface area contributed by atoms with E-state index >= 15 is 0 Å². The number of aryl methyl sites for hydroxylation is 1. The molecule has 122 valence electrons. The second kappa shape index (κ2) is 7.04. The van der Waals surface area contributed by atoms with Crippen molar-refractivity contribution in [2.75, 3.05) is 10.6 Å². The largest absolute Gasteiger partial charge is 0.350 e. The highest BCUT2D eigenvalue weighted by Crippen LogP contribution is 2.17. The summed E-state index contributed by atoms with van der Waals surface area (Å²) < 4.78 is 25.9. The first-order chi connectivity index (χ1) is 11.6. The van der Waals surface area contributed by atoms with E-state index in [4.69, 9.17) is 0 Å². The van der Waals surface area contributed by atoms with Crippen LogP contribution in [-0.2, 0) is 6.54 Å². The van der Waals surface area contributed by atoms with Gasteiger partial charge in [-0.3, -0.25) is 0 Å². The van der Waals surface area contributed by atoms with Crippen LogP contribution in [0.15, 0.2) is 54.6 Å². The molecule has 0 unspecified atom stereocenters. The molecule has 0 spiro atoms. The summed E-state index contributed by atoms with van der Waals surface area (Å²) in [4.78, 5) is 8.71. The molecule has 3 aromatic rings. The first kappa shape index (κ1) is 15.9. The highest BCUT2D eigenvalue weighted by Gasteiger charge is 2.04. The molecule has 0 atom stereocenters. The van der Waals surface area contributed by atoms with Crippen LogP contribution < -0.4 is 10.6 Å². The van der Waals surface area contributed by atoms with E-state index in [1.54, 1.807) is 30.3 Å². The van der Waals surface area contributed by atoms with Gasteiger partial charge in [-0.1, -0.05) is 12.1 Å². The van der Waals surface area contributed by atoms with Gasteiger partial charge in [-0.2, -0.15) is 4.98 Å². The number of anilines is 3. The number of halogens is 2. The molecule has 0 aliphatic heterocycles. The minimum atomic E-state index is -0.291. The summed E-state index contributed by atoms with van der Waals surface area (Å²) in [5.41, 5.74) is 2.45. The normalized spacial score (nSPS) is 10.5. The monoisotopic (exact) mass is 326 g/mol. The quantitative estimate of drug-likeness (QED) is 0.729. The fourth-order valence-corrected chi connectivity index (χ4v) is 2.18. The number of aromatic nitrogens is 2. The van der Waals surface area contributed by atoms with Crippen molar-refractivity contribution in [2.45, 2.75) is 13.5 Å². The zero-order valence-corrected chi connectivity index (χ0v) is 13.1. The van der Waals surface area contributed by atoms with Gasteiger partial charge in [0, 0.05) is 24.0 Å². The Morgan fingerprint density at radius 1 is 0.875 bits per heavy atom. The summed E-state index contributed by atoms with van der Waals surface area (Å²) >= 11 is 0. The minimum absolute atomic E-state index is 0.267. The lowest BCUT2D eigenvalue weighted by Gasteiger charge is -2.10. The van der Waals surface area contributed by atoms with Crippen LogP contribution in [0.5, 0.6) is 0 Å². The Hall–Kier alpha value is -3.02. The molecule has 0 bridgehead atoms. The van der Waals surface area contributed by atoms with Crippen molar-refractivity contribution in [3.05, 3.63) is 77.5 Å². The minimum Gasteiger partial charge on any atom is -0.350 e. The van der Waals surface area contributed by atoms with E-state index in [1.807, 2.05) is 6.92 Å². The predicted molar refractivity (Wildman–Crippen MR) is 90.2 cm³/mol. The van der Waals surface area contributed by atoms with Crippen LogP contribution >= 0.6 is 0 Å². The first-order valence-corrected chi connectivity index (χ1v) is 7.45. The lowest BCUT2D eigenvalue weighted by atomic mass is 10.2. The van der Waals surface area contributed by atoms with Crippen molar-refractivity contribution in [2.24, 2.45) is 0 Å². The Morgan fingerprint density at radius 2 is 1.50 bits per heavy atom. The molecule has 0 radical (unpaired) electrons. The maximum Gasteiger partial charge on any atom is 0.225 e. The SMILES string of the molecule is Cc1cc(Nc2ccc(F)cc2)nc(NCc2ccc(F)cc2)n1. The maximum absolute atomic E-state index is 13.0. The van der Waals surface area contributed by atoms with Crippen LogP contribution in [0.3, 0.4) is 0 Å². The van der Waals surface area contributed by atoms with Gasteiger partial charge in [0.05, 0.1) is 0 Å². The summed E-state index contributed by atoms with van der Waals surface area (Å²) in [6, 6.07) is 14.1. The molecule has 24 heavy (non-hydrogen) atoms. The number of benzene rings is 2. The lowest BCUT2D eigenvalue weighted by Crippen LogP contribution is -2.06. The highest BCUT2D eigenvalue weighted by molar-refractivity contribution is 5.57. The molecule has 0 aliphatic carbocycles. The Bertz CT molecular complexity index is 817. The van der Waals surface area contributed by atoms with Crippen molar-refractivity contribution in [3.8, 4) is 0 Å². The van der Waals surface area contributed by atoms with Gasteiger partial charge in [0.15, 0.2) is 0 Å².